The van der Waals surface area contributed by atoms with Gasteiger partial charge in [0.15, 0.2) is 17.4 Å². The van der Waals surface area contributed by atoms with Crippen LogP contribution < -0.4 is 0 Å². The highest BCUT2D eigenvalue weighted by molar-refractivity contribution is 9.10. The van der Waals surface area contributed by atoms with Crippen LogP contribution in [0.1, 0.15) is 15.9 Å². The molecule has 5 heteroatoms. The zero-order valence-electron chi connectivity index (χ0n) is 8.88. The number of halogens is 4. The van der Waals surface area contributed by atoms with Crippen molar-refractivity contribution in [2.45, 2.75) is 0 Å². The lowest BCUT2D eigenvalue weighted by molar-refractivity contribution is 0.103. The molecule has 2 rings (SSSR count). The highest BCUT2D eigenvalue weighted by Gasteiger charge is 2.17. The highest BCUT2D eigenvalue weighted by atomic mass is 79.9. The summed E-state index contributed by atoms with van der Waals surface area (Å²) in [6.07, 6.45) is 0. The van der Waals surface area contributed by atoms with Gasteiger partial charge < -0.3 is 0 Å². The van der Waals surface area contributed by atoms with Gasteiger partial charge in [0.1, 0.15) is 5.82 Å². The quantitative estimate of drug-likeness (QED) is 0.602. The predicted octanol–water partition coefficient (Wildman–Crippen LogP) is 4.10. The van der Waals surface area contributed by atoms with Gasteiger partial charge in [0.05, 0.1) is 5.56 Å². The first-order valence-corrected chi connectivity index (χ1v) is 5.73. The van der Waals surface area contributed by atoms with Crippen molar-refractivity contribution in [1.29, 1.82) is 0 Å². The van der Waals surface area contributed by atoms with Crippen molar-refractivity contribution in [2.75, 3.05) is 0 Å². The third-order valence-corrected chi connectivity index (χ3v) is 2.83. The van der Waals surface area contributed by atoms with E-state index in [1.54, 1.807) is 12.1 Å². The first kappa shape index (κ1) is 12.8. The Hall–Kier alpha value is -1.62. The highest BCUT2D eigenvalue weighted by Crippen LogP contribution is 2.19. The molecule has 2 aromatic carbocycles. The number of hydrogen-bond donors (Lipinski definition) is 0. The number of rotatable bonds is 2. The molecule has 0 unspecified atom stereocenters. The summed E-state index contributed by atoms with van der Waals surface area (Å²) < 4.78 is 39.8. The molecule has 0 aliphatic carbocycles. The second kappa shape index (κ2) is 4.94. The number of hydrogen-bond acceptors (Lipinski definition) is 1. The molecule has 0 heterocycles. The number of carbonyl (C=O) groups is 1. The van der Waals surface area contributed by atoms with E-state index in [2.05, 4.69) is 15.9 Å². The molecular weight excluding hydrogens is 309 g/mol. The molecule has 0 atom stereocenters. The van der Waals surface area contributed by atoms with Gasteiger partial charge in [0.25, 0.3) is 0 Å². The molecular formula is C13H6BrF3O. The van der Waals surface area contributed by atoms with E-state index in [0.29, 0.717) is 16.6 Å². The fourth-order valence-corrected chi connectivity index (χ4v) is 1.88. The van der Waals surface area contributed by atoms with Crippen molar-refractivity contribution in [3.05, 3.63) is 69.4 Å². The van der Waals surface area contributed by atoms with E-state index in [9.17, 15) is 18.0 Å². The molecule has 0 N–H and O–H groups in total. The second-order valence-corrected chi connectivity index (χ2v) is 4.50. The Balaban J connectivity index is 2.49. The summed E-state index contributed by atoms with van der Waals surface area (Å²) >= 11 is 3.17. The molecule has 0 aliphatic heterocycles. The minimum absolute atomic E-state index is 0.189. The molecule has 0 aromatic heterocycles. The molecule has 92 valence electrons. The molecule has 1 nitrogen and oxygen atoms in total. The largest absolute Gasteiger partial charge is 0.288 e. The van der Waals surface area contributed by atoms with Gasteiger partial charge >= 0.3 is 0 Å². The summed E-state index contributed by atoms with van der Waals surface area (Å²) in [5, 5.41) is 0. The standard InChI is InChI=1S/C13H6BrF3O/c14-8-3-1-2-7(4-8)13(18)9-5-11(16)12(17)6-10(9)15/h1-6H. The smallest absolute Gasteiger partial charge is 0.196 e. The third kappa shape index (κ3) is 2.46. The third-order valence-electron chi connectivity index (χ3n) is 2.34. The Labute approximate surface area is 109 Å². The lowest BCUT2D eigenvalue weighted by Gasteiger charge is -2.04. The molecule has 0 radical (unpaired) electrons. The van der Waals surface area contributed by atoms with E-state index in [1.807, 2.05) is 0 Å². The molecule has 0 saturated carbocycles. The van der Waals surface area contributed by atoms with Crippen molar-refractivity contribution in [3.8, 4) is 0 Å². The van der Waals surface area contributed by atoms with Gasteiger partial charge in [0.2, 0.25) is 0 Å². The van der Waals surface area contributed by atoms with Crippen LogP contribution >= 0.6 is 15.9 Å². The Bertz CT molecular complexity index is 626. The van der Waals surface area contributed by atoms with E-state index in [-0.39, 0.29) is 5.56 Å². The molecule has 0 spiro atoms. The summed E-state index contributed by atoms with van der Waals surface area (Å²) in [6, 6.07) is 7.15. The Morgan fingerprint density at radius 3 is 2.28 bits per heavy atom. The number of ketones is 1. The summed E-state index contributed by atoms with van der Waals surface area (Å²) in [5.41, 5.74) is -0.304. The van der Waals surface area contributed by atoms with Crippen LogP contribution in [0.2, 0.25) is 0 Å². The average Bonchev–Trinajstić information content (AvgIpc) is 2.33. The maximum atomic E-state index is 13.4. The number of carbonyl (C=O) groups excluding carboxylic acids is 1. The maximum absolute atomic E-state index is 13.4. The van der Waals surface area contributed by atoms with E-state index in [4.69, 9.17) is 0 Å². The van der Waals surface area contributed by atoms with Crippen molar-refractivity contribution >= 4 is 21.7 Å². The van der Waals surface area contributed by atoms with Crippen LogP contribution in [-0.2, 0) is 0 Å². The van der Waals surface area contributed by atoms with E-state index < -0.39 is 28.8 Å². The zero-order valence-corrected chi connectivity index (χ0v) is 10.5. The van der Waals surface area contributed by atoms with Gasteiger partial charge in [-0.15, -0.1) is 0 Å². The SMILES string of the molecule is O=C(c1cccc(Br)c1)c1cc(F)c(F)cc1F. The molecule has 0 saturated heterocycles. The Kier molecular flexibility index (Phi) is 3.52. The normalized spacial score (nSPS) is 10.4. The van der Waals surface area contributed by atoms with E-state index in [0.717, 1.165) is 0 Å². The molecule has 0 aliphatic rings. The van der Waals surface area contributed by atoms with Crippen LogP contribution in [0.5, 0.6) is 0 Å². The van der Waals surface area contributed by atoms with E-state index in [1.165, 1.54) is 12.1 Å². The first-order valence-electron chi connectivity index (χ1n) is 4.94. The van der Waals surface area contributed by atoms with Gasteiger partial charge in [-0.3, -0.25) is 4.79 Å². The summed E-state index contributed by atoms with van der Waals surface area (Å²) in [6.45, 7) is 0. The lowest BCUT2D eigenvalue weighted by atomic mass is 10.0. The molecule has 2 aromatic rings. The van der Waals surface area contributed by atoms with Gasteiger partial charge in [0, 0.05) is 16.1 Å². The fraction of sp³-hybridized carbons (Fsp3) is 0. The van der Waals surface area contributed by atoms with E-state index >= 15 is 0 Å². The number of benzene rings is 2. The van der Waals surface area contributed by atoms with Gasteiger partial charge in [-0.25, -0.2) is 13.2 Å². The minimum atomic E-state index is -1.32. The monoisotopic (exact) mass is 314 g/mol. The van der Waals surface area contributed by atoms with Crippen molar-refractivity contribution < 1.29 is 18.0 Å². The summed E-state index contributed by atoms with van der Waals surface area (Å²) in [4.78, 5) is 11.9. The molecule has 0 amide bonds. The van der Waals surface area contributed by atoms with Crippen LogP contribution in [0.3, 0.4) is 0 Å². The van der Waals surface area contributed by atoms with Gasteiger partial charge in [-0.05, 0) is 18.2 Å². The summed E-state index contributed by atoms with van der Waals surface area (Å²) in [5.74, 6) is -4.36. The van der Waals surface area contributed by atoms with Crippen LogP contribution in [0.15, 0.2) is 40.9 Å². The molecule has 0 bridgehead atoms. The van der Waals surface area contributed by atoms with Gasteiger partial charge in [-0.1, -0.05) is 28.1 Å². The average molecular weight is 315 g/mol. The van der Waals surface area contributed by atoms with Crippen LogP contribution in [0.25, 0.3) is 0 Å². The second-order valence-electron chi connectivity index (χ2n) is 3.59. The minimum Gasteiger partial charge on any atom is -0.288 e. The van der Waals surface area contributed by atoms with Crippen LogP contribution in [0, 0.1) is 17.5 Å². The van der Waals surface area contributed by atoms with Crippen molar-refractivity contribution in [2.24, 2.45) is 0 Å². The lowest BCUT2D eigenvalue weighted by Crippen LogP contribution is -2.06. The first-order chi connectivity index (χ1) is 8.49. The predicted molar refractivity (Wildman–Crippen MR) is 63.9 cm³/mol. The van der Waals surface area contributed by atoms with Crippen LogP contribution in [-0.4, -0.2) is 5.78 Å². The topological polar surface area (TPSA) is 17.1 Å². The van der Waals surface area contributed by atoms with Crippen LogP contribution in [0.4, 0.5) is 13.2 Å². The summed E-state index contributed by atoms with van der Waals surface area (Å²) in [7, 11) is 0. The molecule has 18 heavy (non-hydrogen) atoms. The Morgan fingerprint density at radius 2 is 1.61 bits per heavy atom. The van der Waals surface area contributed by atoms with Crippen molar-refractivity contribution in [1.82, 2.24) is 0 Å². The fourth-order valence-electron chi connectivity index (χ4n) is 1.48. The van der Waals surface area contributed by atoms with Gasteiger partial charge in [-0.2, -0.15) is 0 Å². The zero-order chi connectivity index (χ0) is 13.3. The van der Waals surface area contributed by atoms with Crippen molar-refractivity contribution in [3.63, 3.8) is 0 Å². The maximum Gasteiger partial charge on any atom is 0.196 e. The Morgan fingerprint density at radius 1 is 0.944 bits per heavy atom. The molecule has 0 fully saturated rings.